The Bertz CT molecular complexity index is 1670. The summed E-state index contributed by atoms with van der Waals surface area (Å²) in [5.41, 5.74) is 2.45. The van der Waals surface area contributed by atoms with Crippen LogP contribution >= 0.6 is 11.6 Å². The first kappa shape index (κ1) is 26.5. The van der Waals surface area contributed by atoms with E-state index in [0.717, 1.165) is 5.57 Å². The van der Waals surface area contributed by atoms with Crippen LogP contribution in [-0.4, -0.2) is 35.8 Å². The van der Waals surface area contributed by atoms with Gasteiger partial charge in [0.1, 0.15) is 0 Å². The zero-order valence-corrected chi connectivity index (χ0v) is 23.4. The van der Waals surface area contributed by atoms with E-state index in [1.807, 2.05) is 18.2 Å². The fourth-order valence-electron chi connectivity index (χ4n) is 7.56. The summed E-state index contributed by atoms with van der Waals surface area (Å²) in [5.74, 6) is -5.00. The lowest BCUT2D eigenvalue weighted by atomic mass is 9.57. The molecule has 0 bridgehead atoms. The second-order valence-corrected chi connectivity index (χ2v) is 11.7. The number of halogens is 1. The lowest BCUT2D eigenvalue weighted by molar-refractivity contribution is -0.126. The Morgan fingerprint density at radius 2 is 1.33 bits per heavy atom. The molecule has 4 amide bonds. The number of allylic oxidation sites excluding steroid dienone is 2. The second-order valence-electron chi connectivity index (χ2n) is 11.3. The Hall–Kier alpha value is -4.43. The van der Waals surface area contributed by atoms with Gasteiger partial charge in [-0.15, -0.1) is 0 Å². The lowest BCUT2D eigenvalue weighted by Crippen LogP contribution is -2.43. The maximum absolute atomic E-state index is 14.1. The topological polar surface area (TPSA) is 104 Å². The van der Waals surface area contributed by atoms with Crippen molar-refractivity contribution in [3.05, 3.63) is 95.0 Å². The number of hydrogen-bond acceptors (Lipinski definition) is 6. The highest BCUT2D eigenvalue weighted by molar-refractivity contribution is 6.32. The number of rotatable bonds is 4. The van der Waals surface area contributed by atoms with E-state index >= 15 is 0 Å². The van der Waals surface area contributed by atoms with E-state index in [0.29, 0.717) is 23.4 Å². The highest BCUT2D eigenvalue weighted by atomic mass is 35.5. The molecule has 0 aromatic heterocycles. The summed E-state index contributed by atoms with van der Waals surface area (Å²) in [6.07, 6.45) is 2.58. The van der Waals surface area contributed by atoms with Gasteiger partial charge in [-0.3, -0.25) is 29.0 Å². The molecule has 6 atom stereocenters. The molecule has 1 saturated carbocycles. The molecule has 0 radical (unpaired) electrons. The fourth-order valence-corrected chi connectivity index (χ4v) is 7.77. The minimum Gasteiger partial charge on any atom is -0.503 e. The maximum Gasteiger partial charge on any atom is 0.238 e. The van der Waals surface area contributed by atoms with Crippen LogP contribution in [-0.2, 0) is 19.2 Å². The van der Waals surface area contributed by atoms with E-state index in [1.54, 1.807) is 60.7 Å². The van der Waals surface area contributed by atoms with Crippen LogP contribution in [0.3, 0.4) is 0 Å². The number of anilines is 2. The molecule has 3 fully saturated rings. The van der Waals surface area contributed by atoms with Gasteiger partial charge >= 0.3 is 0 Å². The molecule has 2 saturated heterocycles. The monoisotopic (exact) mass is 582 g/mol. The van der Waals surface area contributed by atoms with Crippen LogP contribution < -0.4 is 14.5 Å². The Morgan fingerprint density at radius 3 is 1.93 bits per heavy atom. The number of imide groups is 2. The molecule has 1 N–H and O–H groups in total. The number of methoxy groups -OCH3 is 1. The van der Waals surface area contributed by atoms with Crippen LogP contribution in [0.1, 0.15) is 24.3 Å². The summed E-state index contributed by atoms with van der Waals surface area (Å²) in [4.78, 5) is 58.3. The Kier molecular flexibility index (Phi) is 6.20. The van der Waals surface area contributed by atoms with E-state index in [4.69, 9.17) is 16.3 Å². The standard InChI is InChI=1S/C33H27ClN2O6/c1-42-25-15-17(14-24(34)29(25)37)26-20-12-13-21-27(32(40)35(30(21)38)18-8-4-2-5-9-18)22(20)16-23-28(26)33(41)36(31(23)39)19-10-6-3-7-11-19/h2-12,14-15,21-23,26-28,37H,13,16H2,1H3/t21-,22+,23+,26-,27-,28+/m0/s1. The van der Waals surface area contributed by atoms with Crippen molar-refractivity contribution in [1.29, 1.82) is 0 Å². The van der Waals surface area contributed by atoms with Crippen molar-refractivity contribution >= 4 is 46.6 Å². The summed E-state index contributed by atoms with van der Waals surface area (Å²) >= 11 is 6.43. The molecule has 4 aliphatic rings. The van der Waals surface area contributed by atoms with Crippen molar-refractivity contribution in [3.8, 4) is 11.5 Å². The van der Waals surface area contributed by atoms with Crippen LogP contribution in [0, 0.1) is 29.6 Å². The number of carbonyl (C=O) groups excluding carboxylic acids is 4. The number of ether oxygens (including phenoxy) is 1. The number of nitrogens with zero attached hydrogens (tertiary/aromatic N) is 2. The van der Waals surface area contributed by atoms with E-state index in [1.165, 1.54) is 16.9 Å². The zero-order chi connectivity index (χ0) is 29.3. The summed E-state index contributed by atoms with van der Waals surface area (Å²) < 4.78 is 5.38. The number of aromatic hydroxyl groups is 1. The van der Waals surface area contributed by atoms with Crippen molar-refractivity contribution in [2.75, 3.05) is 16.9 Å². The molecule has 212 valence electrons. The van der Waals surface area contributed by atoms with E-state index in [9.17, 15) is 24.3 Å². The number of benzene rings is 3. The van der Waals surface area contributed by atoms with Gasteiger partial charge in [0.05, 0.1) is 47.2 Å². The van der Waals surface area contributed by atoms with Crippen molar-refractivity contribution < 1.29 is 29.0 Å². The quantitative estimate of drug-likeness (QED) is 0.339. The fraction of sp³-hybridized carbons (Fsp3) is 0.273. The summed E-state index contributed by atoms with van der Waals surface area (Å²) in [5, 5.41) is 10.5. The molecule has 2 aliphatic heterocycles. The molecule has 2 heterocycles. The van der Waals surface area contributed by atoms with Gasteiger partial charge in [-0.25, -0.2) is 0 Å². The average molecular weight is 583 g/mol. The predicted molar refractivity (Wildman–Crippen MR) is 155 cm³/mol. The van der Waals surface area contributed by atoms with Gasteiger partial charge < -0.3 is 9.84 Å². The average Bonchev–Trinajstić information content (AvgIpc) is 3.41. The van der Waals surface area contributed by atoms with Crippen LogP contribution in [0.4, 0.5) is 11.4 Å². The minimum absolute atomic E-state index is 0.0522. The lowest BCUT2D eigenvalue weighted by Gasteiger charge is -2.44. The molecule has 2 aliphatic carbocycles. The number of fused-ring (bicyclic) bond motifs is 4. The SMILES string of the molecule is COc1cc([C@H]2C3=CC[C@@H]4C(=O)N(c5ccccc5)C(=O)[C@@H]4[C@@H]3C[C@H]3C(=O)N(c4ccccc4)C(=O)[C@@H]23)cc(Cl)c1O. The Labute approximate surface area is 247 Å². The molecule has 7 rings (SSSR count). The second kappa shape index (κ2) is 9.84. The normalized spacial score (nSPS) is 28.4. The number of phenols is 1. The highest BCUT2D eigenvalue weighted by Gasteiger charge is 2.62. The highest BCUT2D eigenvalue weighted by Crippen LogP contribution is 2.59. The largest absolute Gasteiger partial charge is 0.503 e. The van der Waals surface area contributed by atoms with Crippen molar-refractivity contribution in [2.45, 2.75) is 18.8 Å². The minimum atomic E-state index is -0.750. The molecule has 3 aromatic carbocycles. The number of phenolic OH excluding ortho intramolecular Hbond substituents is 1. The van der Waals surface area contributed by atoms with Crippen molar-refractivity contribution in [1.82, 2.24) is 0 Å². The van der Waals surface area contributed by atoms with Crippen LogP contribution in [0.5, 0.6) is 11.5 Å². The van der Waals surface area contributed by atoms with Gasteiger partial charge in [-0.05, 0) is 60.7 Å². The number of para-hydroxylation sites is 2. The third-order valence-corrected chi connectivity index (χ3v) is 9.60. The van der Waals surface area contributed by atoms with Crippen molar-refractivity contribution in [3.63, 3.8) is 0 Å². The van der Waals surface area contributed by atoms with Gasteiger partial charge in [0, 0.05) is 5.92 Å². The first-order valence-corrected chi connectivity index (χ1v) is 14.3. The number of amides is 4. The van der Waals surface area contributed by atoms with Gasteiger partial charge in [0.25, 0.3) is 0 Å². The smallest absolute Gasteiger partial charge is 0.238 e. The third kappa shape index (κ3) is 3.74. The molecular formula is C33H27ClN2O6. The van der Waals surface area contributed by atoms with E-state index < -0.39 is 35.5 Å². The molecule has 0 spiro atoms. The molecular weight excluding hydrogens is 556 g/mol. The Morgan fingerprint density at radius 1 is 0.762 bits per heavy atom. The molecule has 9 heteroatoms. The molecule has 8 nitrogen and oxygen atoms in total. The van der Waals surface area contributed by atoms with Crippen molar-refractivity contribution in [2.24, 2.45) is 29.6 Å². The summed E-state index contributed by atoms with van der Waals surface area (Å²) in [7, 11) is 1.41. The van der Waals surface area contributed by atoms with Crippen LogP contribution in [0.15, 0.2) is 84.4 Å². The zero-order valence-electron chi connectivity index (χ0n) is 22.6. The van der Waals surface area contributed by atoms with E-state index in [2.05, 4.69) is 0 Å². The summed E-state index contributed by atoms with van der Waals surface area (Å²) in [6, 6.07) is 20.9. The first-order chi connectivity index (χ1) is 20.3. The number of carbonyl (C=O) groups is 4. The molecule has 3 aromatic rings. The Balaban J connectivity index is 1.37. The maximum atomic E-state index is 14.1. The van der Waals surface area contributed by atoms with Gasteiger partial charge in [0.2, 0.25) is 23.6 Å². The summed E-state index contributed by atoms with van der Waals surface area (Å²) in [6.45, 7) is 0. The van der Waals surface area contributed by atoms with Gasteiger partial charge in [-0.1, -0.05) is 59.6 Å². The van der Waals surface area contributed by atoms with Gasteiger partial charge in [-0.2, -0.15) is 0 Å². The predicted octanol–water partition coefficient (Wildman–Crippen LogP) is 5.10. The van der Waals surface area contributed by atoms with E-state index in [-0.39, 0.29) is 46.6 Å². The molecule has 42 heavy (non-hydrogen) atoms. The first-order valence-electron chi connectivity index (χ1n) is 13.9. The molecule has 0 unspecified atom stereocenters. The third-order valence-electron chi connectivity index (χ3n) is 9.31. The van der Waals surface area contributed by atoms with Crippen LogP contribution in [0.2, 0.25) is 5.02 Å². The number of hydrogen-bond donors (Lipinski definition) is 1. The van der Waals surface area contributed by atoms with Crippen LogP contribution in [0.25, 0.3) is 0 Å². The van der Waals surface area contributed by atoms with Gasteiger partial charge in [0.15, 0.2) is 11.5 Å².